The molecular weight excluding hydrogens is 421 g/mol. The minimum absolute atomic E-state index is 0.0893. The molecule has 0 bridgehead atoms. The smallest absolute Gasteiger partial charge is 0.324 e. The predicted molar refractivity (Wildman–Crippen MR) is 87.6 cm³/mol. The lowest BCUT2D eigenvalue weighted by atomic mass is 10.2. The van der Waals surface area contributed by atoms with Crippen molar-refractivity contribution in [2.75, 3.05) is 7.11 Å². The number of ether oxygens (including phenoxy) is 1. The zero-order valence-corrected chi connectivity index (χ0v) is 14.6. The Morgan fingerprint density at radius 1 is 1.41 bits per heavy atom. The molecule has 118 valence electrons. The number of sulfonamides is 1. The Labute approximate surface area is 141 Å². The Morgan fingerprint density at radius 3 is 2.64 bits per heavy atom. The number of rotatable bonds is 6. The van der Waals surface area contributed by atoms with E-state index in [1.54, 1.807) is 12.1 Å². The van der Waals surface area contributed by atoms with Gasteiger partial charge in [-0.2, -0.15) is 4.72 Å². The average molecular weight is 435 g/mol. The van der Waals surface area contributed by atoms with Crippen LogP contribution in [0.25, 0.3) is 0 Å². The van der Waals surface area contributed by atoms with Gasteiger partial charge in [-0.3, -0.25) is 4.79 Å². The number of H-pyrrole nitrogens is 1. The van der Waals surface area contributed by atoms with Gasteiger partial charge in [-0.15, -0.1) is 0 Å². The second-order valence-corrected chi connectivity index (χ2v) is 7.39. The number of hydrogen-bond donors (Lipinski definition) is 2. The van der Waals surface area contributed by atoms with Crippen LogP contribution in [0.4, 0.5) is 0 Å². The molecule has 0 saturated heterocycles. The highest BCUT2D eigenvalue weighted by Gasteiger charge is 2.27. The van der Waals surface area contributed by atoms with Crippen LogP contribution in [-0.2, 0) is 26.0 Å². The molecular formula is C13H14IN3O4S. The number of aromatic nitrogens is 2. The van der Waals surface area contributed by atoms with Gasteiger partial charge in [0.2, 0.25) is 10.0 Å². The summed E-state index contributed by atoms with van der Waals surface area (Å²) in [4.78, 5) is 18.6. The van der Waals surface area contributed by atoms with Crippen LogP contribution >= 0.6 is 22.6 Å². The van der Waals surface area contributed by atoms with Gasteiger partial charge in [0.15, 0.2) is 0 Å². The summed E-state index contributed by atoms with van der Waals surface area (Å²) < 4.78 is 32.7. The summed E-state index contributed by atoms with van der Waals surface area (Å²) in [6.07, 6.45) is 3.10. The zero-order valence-electron chi connectivity index (χ0n) is 11.6. The van der Waals surface area contributed by atoms with E-state index in [0.717, 1.165) is 3.57 Å². The standard InChI is InChI=1S/C13H14IN3O4S/c1-21-13(18)12(6-10-7-15-8-16-10)17-22(19,20)11-4-2-9(14)3-5-11/h2-5,7-8,12,17H,6H2,1H3,(H,15,16)/t12-/m0/s1. The number of aromatic amines is 1. The lowest BCUT2D eigenvalue weighted by molar-refractivity contribution is -0.142. The third-order valence-corrected chi connectivity index (χ3v) is 5.09. The lowest BCUT2D eigenvalue weighted by Crippen LogP contribution is -2.43. The molecule has 1 heterocycles. The van der Waals surface area contributed by atoms with Gasteiger partial charge >= 0.3 is 5.97 Å². The topological polar surface area (TPSA) is 101 Å². The maximum absolute atomic E-state index is 12.4. The Hall–Kier alpha value is -1.46. The number of halogens is 1. The summed E-state index contributed by atoms with van der Waals surface area (Å²) in [7, 11) is -2.61. The average Bonchev–Trinajstić information content (AvgIpc) is 2.99. The molecule has 1 aromatic carbocycles. The SMILES string of the molecule is COC(=O)[C@H](Cc1cnc[nH]1)NS(=O)(=O)c1ccc(I)cc1. The van der Waals surface area contributed by atoms with Crippen molar-refractivity contribution in [1.82, 2.24) is 14.7 Å². The number of nitrogens with one attached hydrogen (secondary N) is 2. The van der Waals surface area contributed by atoms with Crippen molar-refractivity contribution < 1.29 is 17.9 Å². The molecule has 0 fully saturated rings. The van der Waals surface area contributed by atoms with Crippen LogP contribution in [0.3, 0.4) is 0 Å². The first-order valence-electron chi connectivity index (χ1n) is 6.25. The largest absolute Gasteiger partial charge is 0.468 e. The van der Waals surface area contributed by atoms with Crippen molar-refractivity contribution in [3.05, 3.63) is 46.1 Å². The molecule has 0 aliphatic heterocycles. The fourth-order valence-corrected chi connectivity index (χ4v) is 3.34. The van der Waals surface area contributed by atoms with Crippen molar-refractivity contribution in [3.63, 3.8) is 0 Å². The fourth-order valence-electron chi connectivity index (χ4n) is 1.80. The summed E-state index contributed by atoms with van der Waals surface area (Å²) in [6.45, 7) is 0. The normalized spacial score (nSPS) is 12.8. The van der Waals surface area contributed by atoms with Gasteiger partial charge < -0.3 is 9.72 Å². The maximum Gasteiger partial charge on any atom is 0.324 e. The van der Waals surface area contributed by atoms with E-state index in [0.29, 0.717) is 5.69 Å². The maximum atomic E-state index is 12.4. The first-order valence-corrected chi connectivity index (χ1v) is 8.81. The van der Waals surface area contributed by atoms with Crippen molar-refractivity contribution >= 4 is 38.6 Å². The van der Waals surface area contributed by atoms with Crippen LogP contribution in [0.5, 0.6) is 0 Å². The highest BCUT2D eigenvalue weighted by atomic mass is 127. The van der Waals surface area contributed by atoms with Gasteiger partial charge in [-0.25, -0.2) is 13.4 Å². The molecule has 0 spiro atoms. The van der Waals surface area contributed by atoms with Crippen LogP contribution in [0.1, 0.15) is 5.69 Å². The number of imidazole rings is 1. The van der Waals surface area contributed by atoms with Gasteiger partial charge in [0.05, 0.1) is 18.3 Å². The van der Waals surface area contributed by atoms with Crippen LogP contribution in [-0.4, -0.2) is 37.5 Å². The zero-order chi connectivity index (χ0) is 16.2. The molecule has 2 N–H and O–H groups in total. The molecule has 22 heavy (non-hydrogen) atoms. The Morgan fingerprint density at radius 2 is 2.09 bits per heavy atom. The number of carbonyl (C=O) groups is 1. The summed E-state index contributed by atoms with van der Waals surface area (Å²) >= 11 is 2.08. The molecule has 1 atom stereocenters. The number of hydrogen-bond acceptors (Lipinski definition) is 5. The Balaban J connectivity index is 2.21. The third-order valence-electron chi connectivity index (χ3n) is 2.89. The van der Waals surface area contributed by atoms with Gasteiger partial charge in [-0.05, 0) is 46.9 Å². The monoisotopic (exact) mass is 435 g/mol. The minimum atomic E-state index is -3.82. The Kier molecular flexibility index (Phi) is 5.53. The predicted octanol–water partition coefficient (Wildman–Crippen LogP) is 1.08. The van der Waals surface area contributed by atoms with Crippen LogP contribution in [0.15, 0.2) is 41.7 Å². The van der Waals surface area contributed by atoms with E-state index < -0.39 is 22.0 Å². The molecule has 7 nitrogen and oxygen atoms in total. The molecule has 2 rings (SSSR count). The molecule has 0 aliphatic carbocycles. The molecule has 0 unspecified atom stereocenters. The van der Waals surface area contributed by atoms with Gasteiger partial charge in [0.25, 0.3) is 0 Å². The van der Waals surface area contributed by atoms with Crippen molar-refractivity contribution in [2.45, 2.75) is 17.4 Å². The first kappa shape index (κ1) is 16.9. The lowest BCUT2D eigenvalue weighted by Gasteiger charge is -2.16. The van der Waals surface area contributed by atoms with E-state index in [-0.39, 0.29) is 11.3 Å². The molecule has 2 aromatic rings. The summed E-state index contributed by atoms with van der Waals surface area (Å²) in [5.41, 5.74) is 0.626. The second-order valence-electron chi connectivity index (χ2n) is 4.43. The molecule has 0 aliphatic rings. The fraction of sp³-hybridized carbons (Fsp3) is 0.231. The van der Waals surface area contributed by atoms with E-state index in [1.165, 1.54) is 31.8 Å². The first-order chi connectivity index (χ1) is 10.4. The van der Waals surface area contributed by atoms with E-state index in [1.807, 2.05) is 0 Å². The number of esters is 1. The number of benzene rings is 1. The van der Waals surface area contributed by atoms with Crippen LogP contribution < -0.4 is 4.72 Å². The number of nitrogens with zero attached hydrogens (tertiary/aromatic N) is 1. The molecule has 0 radical (unpaired) electrons. The number of carbonyl (C=O) groups excluding carboxylic acids is 1. The molecule has 1 aromatic heterocycles. The summed E-state index contributed by atoms with van der Waals surface area (Å²) in [6, 6.07) is 5.28. The van der Waals surface area contributed by atoms with Crippen LogP contribution in [0, 0.1) is 3.57 Å². The van der Waals surface area contributed by atoms with E-state index >= 15 is 0 Å². The highest BCUT2D eigenvalue weighted by Crippen LogP contribution is 2.13. The quantitative estimate of drug-likeness (QED) is 0.523. The summed E-state index contributed by atoms with van der Waals surface area (Å²) in [5.74, 6) is -0.663. The van der Waals surface area contributed by atoms with E-state index in [2.05, 4.69) is 42.0 Å². The molecule has 0 saturated carbocycles. The summed E-state index contributed by atoms with van der Waals surface area (Å²) in [5, 5.41) is 0. The van der Waals surface area contributed by atoms with Crippen molar-refractivity contribution in [2.24, 2.45) is 0 Å². The number of methoxy groups -OCH3 is 1. The second kappa shape index (κ2) is 7.20. The van der Waals surface area contributed by atoms with Crippen molar-refractivity contribution in [3.8, 4) is 0 Å². The van der Waals surface area contributed by atoms with Crippen molar-refractivity contribution in [1.29, 1.82) is 0 Å². The van der Waals surface area contributed by atoms with Crippen LogP contribution in [0.2, 0.25) is 0 Å². The third kappa shape index (κ3) is 4.27. The Bertz CT molecular complexity index is 729. The minimum Gasteiger partial charge on any atom is -0.468 e. The van der Waals surface area contributed by atoms with E-state index in [4.69, 9.17) is 0 Å². The van der Waals surface area contributed by atoms with Gasteiger partial charge in [-0.1, -0.05) is 0 Å². The molecule has 9 heteroatoms. The van der Waals surface area contributed by atoms with Gasteiger partial charge in [0, 0.05) is 21.9 Å². The highest BCUT2D eigenvalue weighted by molar-refractivity contribution is 14.1. The van der Waals surface area contributed by atoms with Gasteiger partial charge in [0.1, 0.15) is 6.04 Å². The van der Waals surface area contributed by atoms with E-state index in [9.17, 15) is 13.2 Å². The molecule has 0 amide bonds.